The monoisotopic (exact) mass is 342 g/mol. The summed E-state index contributed by atoms with van der Waals surface area (Å²) in [6, 6.07) is 3.51. The van der Waals surface area contributed by atoms with Crippen LogP contribution in [0.3, 0.4) is 0 Å². The Hall–Kier alpha value is -1.04. The molecule has 6 heteroatoms. The zero-order chi connectivity index (χ0) is 15.9. The fourth-order valence-electron chi connectivity index (χ4n) is 2.57. The first kappa shape index (κ1) is 17.3. The Balaban J connectivity index is 2.03. The number of hydrogen-bond donors (Lipinski definition) is 1. The second-order valence-corrected chi connectivity index (χ2v) is 6.18. The molecule has 4 nitrogen and oxygen atoms in total. The molecule has 1 aliphatic rings. The van der Waals surface area contributed by atoms with Crippen molar-refractivity contribution in [1.82, 2.24) is 4.90 Å². The number of halogens is 1. The molecule has 0 spiro atoms. The van der Waals surface area contributed by atoms with Gasteiger partial charge in [0, 0.05) is 12.1 Å². The van der Waals surface area contributed by atoms with Crippen molar-refractivity contribution < 1.29 is 9.47 Å². The molecule has 0 radical (unpaired) electrons. The van der Waals surface area contributed by atoms with Gasteiger partial charge in [-0.3, -0.25) is 4.90 Å². The van der Waals surface area contributed by atoms with Gasteiger partial charge in [-0.2, -0.15) is 0 Å². The Labute approximate surface area is 142 Å². The van der Waals surface area contributed by atoms with Crippen LogP contribution < -0.4 is 15.2 Å². The molecule has 0 saturated carbocycles. The highest BCUT2D eigenvalue weighted by atomic mass is 35.5. The van der Waals surface area contributed by atoms with Gasteiger partial charge < -0.3 is 15.2 Å². The first-order chi connectivity index (χ1) is 10.6. The first-order valence-corrected chi connectivity index (χ1v) is 8.51. The van der Waals surface area contributed by atoms with E-state index in [1.54, 1.807) is 12.1 Å². The number of rotatable bonds is 7. The van der Waals surface area contributed by atoms with Gasteiger partial charge in [0.05, 0.1) is 11.6 Å². The quantitative estimate of drug-likeness (QED) is 0.771. The zero-order valence-corrected chi connectivity index (χ0v) is 14.5. The van der Waals surface area contributed by atoms with Gasteiger partial charge >= 0.3 is 0 Å². The van der Waals surface area contributed by atoms with Crippen LogP contribution >= 0.6 is 23.8 Å². The van der Waals surface area contributed by atoms with E-state index in [1.165, 1.54) is 19.3 Å². The van der Waals surface area contributed by atoms with Crippen LogP contribution in [0.2, 0.25) is 5.02 Å². The van der Waals surface area contributed by atoms with Crippen molar-refractivity contribution in [3.05, 3.63) is 22.7 Å². The summed E-state index contributed by atoms with van der Waals surface area (Å²) in [7, 11) is 0. The van der Waals surface area contributed by atoms with Gasteiger partial charge in [-0.15, -0.1) is 0 Å². The third kappa shape index (κ3) is 4.73. The molecule has 0 aromatic heterocycles. The lowest BCUT2D eigenvalue weighted by atomic mass is 10.1. The van der Waals surface area contributed by atoms with Crippen LogP contribution in [0, 0.1) is 0 Å². The van der Waals surface area contributed by atoms with E-state index in [-0.39, 0.29) is 0 Å². The van der Waals surface area contributed by atoms with Crippen molar-refractivity contribution in [1.29, 1.82) is 0 Å². The maximum atomic E-state index is 6.30. The molecular weight excluding hydrogens is 320 g/mol. The summed E-state index contributed by atoms with van der Waals surface area (Å²) in [4.78, 5) is 2.71. The number of nitrogens with zero attached hydrogens (tertiary/aromatic N) is 1. The maximum Gasteiger partial charge on any atom is 0.179 e. The van der Waals surface area contributed by atoms with E-state index in [2.05, 4.69) is 4.90 Å². The van der Waals surface area contributed by atoms with Crippen molar-refractivity contribution in [3.63, 3.8) is 0 Å². The molecule has 122 valence electrons. The minimum atomic E-state index is 0.294. The van der Waals surface area contributed by atoms with Crippen molar-refractivity contribution in [2.45, 2.75) is 26.2 Å². The fraction of sp³-hybridized carbons (Fsp3) is 0.562. The molecule has 1 aromatic carbocycles. The molecule has 1 aliphatic heterocycles. The summed E-state index contributed by atoms with van der Waals surface area (Å²) in [6.07, 6.45) is 3.87. The number of ether oxygens (including phenoxy) is 2. The maximum absolute atomic E-state index is 6.30. The van der Waals surface area contributed by atoms with E-state index < -0.39 is 0 Å². The Morgan fingerprint density at radius 3 is 2.64 bits per heavy atom. The molecular formula is C16H23ClN2O2S. The van der Waals surface area contributed by atoms with Crippen molar-refractivity contribution >= 4 is 28.8 Å². The average molecular weight is 343 g/mol. The number of likely N-dealkylation sites (tertiary alicyclic amines) is 1. The van der Waals surface area contributed by atoms with Gasteiger partial charge in [0.1, 0.15) is 11.6 Å². The topological polar surface area (TPSA) is 47.7 Å². The summed E-state index contributed by atoms with van der Waals surface area (Å²) in [5.74, 6) is 1.16. The predicted molar refractivity (Wildman–Crippen MR) is 94.3 cm³/mol. The highest BCUT2D eigenvalue weighted by Crippen LogP contribution is 2.36. The van der Waals surface area contributed by atoms with E-state index in [0.717, 1.165) is 19.6 Å². The molecule has 2 N–H and O–H groups in total. The highest BCUT2D eigenvalue weighted by Gasteiger charge is 2.15. The van der Waals surface area contributed by atoms with Crippen molar-refractivity contribution in [2.75, 3.05) is 32.8 Å². The number of benzene rings is 1. The lowest BCUT2D eigenvalue weighted by Crippen LogP contribution is -2.33. The number of nitrogens with two attached hydrogens (primary N) is 1. The van der Waals surface area contributed by atoms with E-state index in [1.807, 2.05) is 6.92 Å². The van der Waals surface area contributed by atoms with Crippen molar-refractivity contribution in [3.8, 4) is 11.5 Å². The summed E-state index contributed by atoms with van der Waals surface area (Å²) in [5, 5.41) is 0.479. The average Bonchev–Trinajstić information content (AvgIpc) is 2.50. The van der Waals surface area contributed by atoms with Crippen LogP contribution in [0.25, 0.3) is 0 Å². The largest absolute Gasteiger partial charge is 0.490 e. The van der Waals surface area contributed by atoms with Crippen LogP contribution in [0.5, 0.6) is 11.5 Å². The Bertz CT molecular complexity index is 519. The van der Waals surface area contributed by atoms with Crippen LogP contribution in [-0.2, 0) is 0 Å². The third-order valence-corrected chi connectivity index (χ3v) is 4.21. The standard InChI is InChI=1S/C16H23ClN2O2S/c1-2-20-14-11-12(16(18)22)10-13(17)15(14)21-9-8-19-6-4-3-5-7-19/h10-11H,2-9H2,1H3,(H2,18,22). The minimum absolute atomic E-state index is 0.294. The Morgan fingerprint density at radius 2 is 2.00 bits per heavy atom. The summed E-state index contributed by atoms with van der Waals surface area (Å²) in [5.41, 5.74) is 6.35. The second-order valence-electron chi connectivity index (χ2n) is 5.33. The molecule has 2 rings (SSSR count). The van der Waals surface area contributed by atoms with Gasteiger partial charge in [0.15, 0.2) is 11.5 Å². The zero-order valence-electron chi connectivity index (χ0n) is 12.9. The summed E-state index contributed by atoms with van der Waals surface area (Å²) in [6.45, 7) is 6.23. The first-order valence-electron chi connectivity index (χ1n) is 7.73. The molecule has 22 heavy (non-hydrogen) atoms. The molecule has 1 aromatic rings. The Morgan fingerprint density at radius 1 is 1.27 bits per heavy atom. The predicted octanol–water partition coefficient (Wildman–Crippen LogP) is 3.24. The molecule has 0 amide bonds. The van der Waals surface area contributed by atoms with Gasteiger partial charge in [0.2, 0.25) is 0 Å². The fourth-order valence-corrected chi connectivity index (χ4v) is 2.96. The molecule has 0 bridgehead atoms. The minimum Gasteiger partial charge on any atom is -0.490 e. The van der Waals surface area contributed by atoms with Crippen molar-refractivity contribution in [2.24, 2.45) is 5.73 Å². The van der Waals surface area contributed by atoms with Gasteiger partial charge in [-0.25, -0.2) is 0 Å². The number of thiocarbonyl (C=S) groups is 1. The lowest BCUT2D eigenvalue weighted by molar-refractivity contribution is 0.179. The van der Waals surface area contributed by atoms with Crippen LogP contribution in [0.1, 0.15) is 31.7 Å². The molecule has 0 aliphatic carbocycles. The van der Waals surface area contributed by atoms with Gasteiger partial charge in [-0.05, 0) is 45.0 Å². The van der Waals surface area contributed by atoms with E-state index in [9.17, 15) is 0 Å². The van der Waals surface area contributed by atoms with E-state index in [4.69, 9.17) is 39.0 Å². The molecule has 1 saturated heterocycles. The molecule has 0 atom stereocenters. The SMILES string of the molecule is CCOc1cc(C(N)=S)cc(Cl)c1OCCN1CCCCC1. The van der Waals surface area contributed by atoms with Gasteiger partial charge in [0.25, 0.3) is 0 Å². The molecule has 0 unspecified atom stereocenters. The van der Waals surface area contributed by atoms with Gasteiger partial charge in [-0.1, -0.05) is 30.2 Å². The van der Waals surface area contributed by atoms with Crippen LogP contribution in [0.15, 0.2) is 12.1 Å². The van der Waals surface area contributed by atoms with Crippen LogP contribution in [0.4, 0.5) is 0 Å². The summed E-state index contributed by atoms with van der Waals surface area (Å²) < 4.78 is 11.5. The normalized spacial score (nSPS) is 15.5. The number of hydrogen-bond acceptors (Lipinski definition) is 4. The lowest BCUT2D eigenvalue weighted by Gasteiger charge is -2.26. The van der Waals surface area contributed by atoms with Crippen LogP contribution in [-0.4, -0.2) is 42.7 Å². The molecule has 1 fully saturated rings. The second kappa shape index (κ2) is 8.56. The van der Waals surface area contributed by atoms with E-state index in [0.29, 0.717) is 40.3 Å². The summed E-state index contributed by atoms with van der Waals surface area (Å²) >= 11 is 11.3. The van der Waals surface area contributed by atoms with E-state index >= 15 is 0 Å². The highest BCUT2D eigenvalue weighted by molar-refractivity contribution is 7.80. The Kier molecular flexibility index (Phi) is 6.73. The number of piperidine rings is 1. The molecule has 1 heterocycles. The third-order valence-electron chi connectivity index (χ3n) is 3.70. The smallest absolute Gasteiger partial charge is 0.179 e.